The topological polar surface area (TPSA) is 72.0 Å². The van der Waals surface area contributed by atoms with Crippen LogP contribution in [-0.4, -0.2) is 35.4 Å². The monoisotopic (exact) mass is 337 g/mol. The second kappa shape index (κ2) is 7.76. The number of halogens is 1. The largest absolute Gasteiger partial charge is 0.385 e. The number of hydrogen-bond donors (Lipinski definition) is 2. The van der Waals surface area contributed by atoms with Crippen molar-refractivity contribution >= 4 is 33.4 Å². The average molecular weight is 338 g/mol. The molecule has 2 aromatic rings. The molecule has 0 radical (unpaired) electrons. The van der Waals surface area contributed by atoms with Gasteiger partial charge in [0.25, 0.3) is 0 Å². The van der Waals surface area contributed by atoms with Crippen molar-refractivity contribution in [3.63, 3.8) is 0 Å². The molecule has 0 amide bonds. The highest BCUT2D eigenvalue weighted by atomic mass is 79.9. The van der Waals surface area contributed by atoms with Gasteiger partial charge in [0.1, 0.15) is 0 Å². The molecule has 7 heteroatoms. The van der Waals surface area contributed by atoms with E-state index in [0.717, 1.165) is 23.1 Å². The minimum absolute atomic E-state index is 0.452. The lowest BCUT2D eigenvalue weighted by atomic mass is 10.3. The lowest BCUT2D eigenvalue weighted by molar-refractivity contribution is 0.197. The Kier molecular flexibility index (Phi) is 5.69. The fraction of sp³-hybridized carbons (Fsp3) is 0.308. The second-order valence-corrected chi connectivity index (χ2v) is 4.90. The van der Waals surface area contributed by atoms with Crippen molar-refractivity contribution in [2.45, 2.75) is 6.42 Å². The first-order chi connectivity index (χ1) is 9.79. The highest BCUT2D eigenvalue weighted by Crippen LogP contribution is 2.23. The van der Waals surface area contributed by atoms with Gasteiger partial charge in [-0.15, -0.1) is 5.10 Å². The molecule has 0 saturated heterocycles. The summed E-state index contributed by atoms with van der Waals surface area (Å²) in [4.78, 5) is 4.35. The molecule has 106 valence electrons. The van der Waals surface area contributed by atoms with E-state index in [-0.39, 0.29) is 0 Å². The summed E-state index contributed by atoms with van der Waals surface area (Å²) in [5.74, 6) is 1.14. The van der Waals surface area contributed by atoms with Gasteiger partial charge in [-0.25, -0.2) is 0 Å². The van der Waals surface area contributed by atoms with Crippen LogP contribution in [0.4, 0.5) is 17.5 Å². The summed E-state index contributed by atoms with van der Waals surface area (Å²) in [7, 11) is 1.69. The van der Waals surface area contributed by atoms with Gasteiger partial charge in [-0.2, -0.15) is 10.1 Å². The van der Waals surface area contributed by atoms with Crippen molar-refractivity contribution in [3.05, 3.63) is 34.9 Å². The number of rotatable bonds is 7. The minimum Gasteiger partial charge on any atom is -0.385 e. The summed E-state index contributed by atoms with van der Waals surface area (Å²) in [6, 6.07) is 7.77. The van der Waals surface area contributed by atoms with Crippen molar-refractivity contribution in [3.8, 4) is 0 Å². The lowest BCUT2D eigenvalue weighted by Gasteiger charge is -2.08. The molecular formula is C13H16BrN5O. The molecule has 0 aliphatic heterocycles. The SMILES string of the molecule is COCCCNc1cnnc(Nc2ccccc2Br)n1. The van der Waals surface area contributed by atoms with E-state index in [1.165, 1.54) is 0 Å². The van der Waals surface area contributed by atoms with Gasteiger partial charge in [0, 0.05) is 24.7 Å². The number of anilines is 3. The molecule has 0 atom stereocenters. The Hall–Kier alpha value is -1.73. The molecule has 2 N–H and O–H groups in total. The maximum atomic E-state index is 4.99. The van der Waals surface area contributed by atoms with Gasteiger partial charge in [0.2, 0.25) is 5.95 Å². The fourth-order valence-corrected chi connectivity index (χ4v) is 1.94. The molecule has 0 spiro atoms. The van der Waals surface area contributed by atoms with E-state index in [1.54, 1.807) is 13.3 Å². The number of benzene rings is 1. The van der Waals surface area contributed by atoms with Crippen LogP contribution >= 0.6 is 15.9 Å². The van der Waals surface area contributed by atoms with E-state index in [4.69, 9.17) is 4.74 Å². The van der Waals surface area contributed by atoms with Crippen LogP contribution in [0.15, 0.2) is 34.9 Å². The lowest BCUT2D eigenvalue weighted by Crippen LogP contribution is -2.08. The summed E-state index contributed by atoms with van der Waals surface area (Å²) in [6.45, 7) is 1.49. The van der Waals surface area contributed by atoms with Crippen molar-refractivity contribution in [2.24, 2.45) is 0 Å². The molecule has 0 aliphatic rings. The second-order valence-electron chi connectivity index (χ2n) is 4.04. The molecule has 0 aliphatic carbocycles. The summed E-state index contributed by atoms with van der Waals surface area (Å²) in [6.07, 6.45) is 2.51. The number of nitrogens with one attached hydrogen (secondary N) is 2. The molecule has 0 bridgehead atoms. The van der Waals surface area contributed by atoms with E-state index in [2.05, 4.69) is 41.7 Å². The third-order valence-electron chi connectivity index (χ3n) is 2.51. The Morgan fingerprint density at radius 1 is 1.30 bits per heavy atom. The summed E-state index contributed by atoms with van der Waals surface area (Å²) in [5, 5.41) is 14.2. The van der Waals surface area contributed by atoms with Crippen LogP contribution in [0.5, 0.6) is 0 Å². The Balaban J connectivity index is 1.97. The standard InChI is InChI=1S/C13H16BrN5O/c1-20-8-4-7-15-12-9-16-19-13(18-12)17-11-6-3-2-5-10(11)14/h2-3,5-6,9H,4,7-8H2,1H3,(H2,15,17,18,19). The van der Waals surface area contributed by atoms with Crippen LogP contribution in [0.3, 0.4) is 0 Å². The van der Waals surface area contributed by atoms with Gasteiger partial charge >= 0.3 is 0 Å². The van der Waals surface area contributed by atoms with Crippen molar-refractivity contribution in [2.75, 3.05) is 30.9 Å². The molecule has 6 nitrogen and oxygen atoms in total. The Bertz CT molecular complexity index is 552. The number of methoxy groups -OCH3 is 1. The maximum Gasteiger partial charge on any atom is 0.249 e. The van der Waals surface area contributed by atoms with Crippen molar-refractivity contribution in [1.29, 1.82) is 0 Å². The first-order valence-corrected chi connectivity index (χ1v) is 7.03. The molecule has 0 saturated carbocycles. The van der Waals surface area contributed by atoms with Gasteiger partial charge in [-0.05, 0) is 34.5 Å². The number of aromatic nitrogens is 3. The average Bonchev–Trinajstić information content (AvgIpc) is 2.47. The van der Waals surface area contributed by atoms with Crippen LogP contribution in [0, 0.1) is 0 Å². The quantitative estimate of drug-likeness (QED) is 0.757. The molecule has 2 rings (SSSR count). The molecular weight excluding hydrogens is 322 g/mol. The number of ether oxygens (including phenoxy) is 1. The predicted molar refractivity (Wildman–Crippen MR) is 82.2 cm³/mol. The van der Waals surface area contributed by atoms with Crippen LogP contribution in [0.2, 0.25) is 0 Å². The zero-order chi connectivity index (χ0) is 14.2. The Morgan fingerprint density at radius 2 is 2.15 bits per heavy atom. The van der Waals surface area contributed by atoms with E-state index in [0.29, 0.717) is 18.4 Å². The maximum absolute atomic E-state index is 4.99. The first kappa shape index (κ1) is 14.7. The number of para-hydroxylation sites is 1. The zero-order valence-corrected chi connectivity index (χ0v) is 12.7. The highest BCUT2D eigenvalue weighted by molar-refractivity contribution is 9.10. The molecule has 0 unspecified atom stereocenters. The minimum atomic E-state index is 0.452. The first-order valence-electron chi connectivity index (χ1n) is 6.23. The smallest absolute Gasteiger partial charge is 0.249 e. The molecule has 1 aromatic carbocycles. The van der Waals surface area contributed by atoms with Gasteiger partial charge in [0.15, 0.2) is 5.82 Å². The van der Waals surface area contributed by atoms with Gasteiger partial charge < -0.3 is 15.4 Å². The van der Waals surface area contributed by atoms with Gasteiger partial charge in [-0.1, -0.05) is 12.1 Å². The Labute approximate surface area is 126 Å². The third-order valence-corrected chi connectivity index (χ3v) is 3.20. The predicted octanol–water partition coefficient (Wildman–Crippen LogP) is 2.83. The molecule has 20 heavy (non-hydrogen) atoms. The van der Waals surface area contributed by atoms with Crippen LogP contribution in [0.1, 0.15) is 6.42 Å². The van der Waals surface area contributed by atoms with Gasteiger partial charge in [-0.3, -0.25) is 0 Å². The molecule has 1 heterocycles. The van der Waals surface area contributed by atoms with Crippen LogP contribution in [0.25, 0.3) is 0 Å². The summed E-state index contributed by atoms with van der Waals surface area (Å²) >= 11 is 3.46. The molecule has 1 aromatic heterocycles. The molecule has 0 fully saturated rings. The van der Waals surface area contributed by atoms with E-state index >= 15 is 0 Å². The fourth-order valence-electron chi connectivity index (χ4n) is 1.56. The van der Waals surface area contributed by atoms with E-state index in [9.17, 15) is 0 Å². The van der Waals surface area contributed by atoms with Gasteiger partial charge in [0.05, 0.1) is 11.9 Å². The number of hydrogen-bond acceptors (Lipinski definition) is 6. The van der Waals surface area contributed by atoms with E-state index in [1.807, 2.05) is 24.3 Å². The summed E-state index contributed by atoms with van der Waals surface area (Å²) in [5.41, 5.74) is 0.894. The normalized spacial score (nSPS) is 10.3. The van der Waals surface area contributed by atoms with Crippen LogP contribution < -0.4 is 10.6 Å². The highest BCUT2D eigenvalue weighted by Gasteiger charge is 2.03. The number of nitrogens with zero attached hydrogens (tertiary/aromatic N) is 3. The third kappa shape index (κ3) is 4.43. The zero-order valence-electron chi connectivity index (χ0n) is 11.1. The van der Waals surface area contributed by atoms with Crippen molar-refractivity contribution in [1.82, 2.24) is 15.2 Å². The summed E-state index contributed by atoms with van der Waals surface area (Å²) < 4.78 is 5.94. The van der Waals surface area contributed by atoms with E-state index < -0.39 is 0 Å². The Morgan fingerprint density at radius 3 is 2.95 bits per heavy atom. The van der Waals surface area contributed by atoms with Crippen LogP contribution in [-0.2, 0) is 4.74 Å². The van der Waals surface area contributed by atoms with Crippen molar-refractivity contribution < 1.29 is 4.74 Å².